The first-order chi connectivity index (χ1) is 11.7. The number of unbranched alkanes of at least 4 members (excludes halogenated alkanes) is 7. The minimum Gasteiger partial charge on any atom is -0.385 e. The van der Waals surface area contributed by atoms with Crippen molar-refractivity contribution in [3.8, 4) is 0 Å². The van der Waals surface area contributed by atoms with Crippen LogP contribution in [0.1, 0.15) is 69.4 Å². The molecule has 0 heterocycles. The fourth-order valence-electron chi connectivity index (χ4n) is 2.63. The lowest BCUT2D eigenvalue weighted by Gasteiger charge is -2.17. The molecule has 25 heavy (non-hydrogen) atoms. The van der Waals surface area contributed by atoms with Crippen molar-refractivity contribution in [2.45, 2.75) is 70.6 Å². The van der Waals surface area contributed by atoms with Gasteiger partial charge in [-0.1, -0.05) is 51.9 Å². The monoisotopic (exact) mass is 369 g/mol. The summed E-state index contributed by atoms with van der Waals surface area (Å²) < 4.78 is 76.6. The van der Waals surface area contributed by atoms with E-state index >= 15 is 0 Å². The Bertz CT molecular complexity index is 507. The molecule has 1 N–H and O–H groups in total. The second-order valence-corrected chi connectivity index (χ2v) is 6.16. The first-order valence-electron chi connectivity index (χ1n) is 8.68. The number of benzene rings is 1. The highest BCUT2D eigenvalue weighted by molar-refractivity contribution is 5.50. The van der Waals surface area contributed by atoms with Gasteiger partial charge in [0.1, 0.15) is 0 Å². The number of alkyl halides is 6. The van der Waals surface area contributed by atoms with E-state index in [4.69, 9.17) is 0 Å². The lowest BCUT2D eigenvalue weighted by atomic mass is 10.1. The fraction of sp³-hybridized carbons (Fsp3) is 0.667. The van der Waals surface area contributed by atoms with Gasteiger partial charge in [0.05, 0.1) is 11.1 Å². The zero-order valence-electron chi connectivity index (χ0n) is 14.4. The molecule has 0 aliphatic carbocycles. The van der Waals surface area contributed by atoms with Crippen LogP contribution in [0.25, 0.3) is 0 Å². The summed E-state index contributed by atoms with van der Waals surface area (Å²) in [7, 11) is 0. The Morgan fingerprint density at radius 3 is 1.76 bits per heavy atom. The lowest BCUT2D eigenvalue weighted by molar-refractivity contribution is -0.162. The third kappa shape index (κ3) is 8.01. The van der Waals surface area contributed by atoms with E-state index in [9.17, 15) is 26.3 Å². The second kappa shape index (κ2) is 9.92. The van der Waals surface area contributed by atoms with E-state index < -0.39 is 23.5 Å². The van der Waals surface area contributed by atoms with Gasteiger partial charge in [-0.3, -0.25) is 0 Å². The molecule has 0 radical (unpaired) electrons. The van der Waals surface area contributed by atoms with E-state index in [2.05, 4.69) is 12.2 Å². The molecule has 0 spiro atoms. The maximum Gasteiger partial charge on any atom is 0.417 e. The summed E-state index contributed by atoms with van der Waals surface area (Å²) in [5, 5.41) is 2.78. The van der Waals surface area contributed by atoms with E-state index in [1.54, 1.807) is 0 Å². The SMILES string of the molecule is CCCCCCCCCCNc1ccc(C(F)(F)F)c(C(F)(F)F)c1. The molecule has 0 atom stereocenters. The van der Waals surface area contributed by atoms with Crippen molar-refractivity contribution in [3.05, 3.63) is 29.3 Å². The molecule has 1 nitrogen and oxygen atoms in total. The molecule has 1 aromatic rings. The maximum absolute atomic E-state index is 12.8. The van der Waals surface area contributed by atoms with Crippen molar-refractivity contribution in [2.75, 3.05) is 11.9 Å². The highest BCUT2D eigenvalue weighted by Gasteiger charge is 2.43. The average Bonchev–Trinajstić information content (AvgIpc) is 2.51. The number of hydrogen-bond donors (Lipinski definition) is 1. The van der Waals surface area contributed by atoms with Crippen LogP contribution in [0.15, 0.2) is 18.2 Å². The first-order valence-corrected chi connectivity index (χ1v) is 8.68. The Kier molecular flexibility index (Phi) is 8.59. The van der Waals surface area contributed by atoms with Gasteiger partial charge >= 0.3 is 12.4 Å². The Balaban J connectivity index is 2.47. The van der Waals surface area contributed by atoms with Crippen molar-refractivity contribution in [2.24, 2.45) is 0 Å². The van der Waals surface area contributed by atoms with Gasteiger partial charge in [-0.25, -0.2) is 0 Å². The van der Waals surface area contributed by atoms with E-state index in [1.807, 2.05) is 0 Å². The first kappa shape index (κ1) is 21.6. The molecular weight excluding hydrogens is 344 g/mol. The smallest absolute Gasteiger partial charge is 0.385 e. The minimum absolute atomic E-state index is 0.0586. The Labute approximate surface area is 144 Å². The average molecular weight is 369 g/mol. The molecule has 1 aromatic carbocycles. The van der Waals surface area contributed by atoms with Gasteiger partial charge < -0.3 is 5.32 Å². The summed E-state index contributed by atoms with van der Waals surface area (Å²) in [6.45, 7) is 2.59. The van der Waals surface area contributed by atoms with Gasteiger partial charge in [0, 0.05) is 12.2 Å². The molecule has 0 aliphatic rings. The number of hydrogen-bond acceptors (Lipinski definition) is 1. The van der Waals surface area contributed by atoms with Crippen LogP contribution in [0.2, 0.25) is 0 Å². The van der Waals surface area contributed by atoms with Gasteiger partial charge in [0.15, 0.2) is 0 Å². The van der Waals surface area contributed by atoms with Crippen molar-refractivity contribution in [1.29, 1.82) is 0 Å². The zero-order chi connectivity index (χ0) is 18.9. The molecule has 0 fully saturated rings. The van der Waals surface area contributed by atoms with Crippen LogP contribution in [0.5, 0.6) is 0 Å². The molecule has 0 unspecified atom stereocenters. The van der Waals surface area contributed by atoms with Crippen molar-refractivity contribution >= 4 is 5.69 Å². The summed E-state index contributed by atoms with van der Waals surface area (Å²) >= 11 is 0. The Morgan fingerprint density at radius 1 is 0.720 bits per heavy atom. The predicted molar refractivity (Wildman–Crippen MR) is 87.5 cm³/mol. The minimum atomic E-state index is -5.04. The number of rotatable bonds is 10. The normalized spacial score (nSPS) is 12.4. The van der Waals surface area contributed by atoms with Crippen LogP contribution in [-0.2, 0) is 12.4 Å². The molecular formula is C18H25F6N. The van der Waals surface area contributed by atoms with E-state index in [1.165, 1.54) is 25.7 Å². The summed E-state index contributed by atoms with van der Waals surface area (Å²) in [4.78, 5) is 0. The maximum atomic E-state index is 12.8. The highest BCUT2D eigenvalue weighted by atomic mass is 19.4. The van der Waals surface area contributed by atoms with E-state index in [0.717, 1.165) is 31.7 Å². The van der Waals surface area contributed by atoms with Gasteiger partial charge in [-0.2, -0.15) is 26.3 Å². The van der Waals surface area contributed by atoms with Crippen LogP contribution >= 0.6 is 0 Å². The van der Waals surface area contributed by atoms with Crippen molar-refractivity contribution < 1.29 is 26.3 Å². The van der Waals surface area contributed by atoms with Gasteiger partial charge in [0.2, 0.25) is 0 Å². The van der Waals surface area contributed by atoms with Crippen LogP contribution in [0, 0.1) is 0 Å². The van der Waals surface area contributed by atoms with Gasteiger partial charge in [-0.15, -0.1) is 0 Å². The summed E-state index contributed by atoms with van der Waals surface area (Å²) in [5.74, 6) is 0. The lowest BCUT2D eigenvalue weighted by Crippen LogP contribution is -2.17. The van der Waals surface area contributed by atoms with Gasteiger partial charge in [-0.05, 0) is 24.6 Å². The summed E-state index contributed by atoms with van der Waals surface area (Å²) in [6.07, 6.45) is -1.31. The van der Waals surface area contributed by atoms with Crippen LogP contribution in [0.3, 0.4) is 0 Å². The molecule has 0 saturated heterocycles. The largest absolute Gasteiger partial charge is 0.417 e. The summed E-state index contributed by atoms with van der Waals surface area (Å²) in [6, 6.07) is 2.06. The quantitative estimate of drug-likeness (QED) is 0.338. The molecule has 0 aliphatic heterocycles. The van der Waals surface area contributed by atoms with Gasteiger partial charge in [0.25, 0.3) is 0 Å². The Hall–Kier alpha value is -1.40. The topological polar surface area (TPSA) is 12.0 Å². The number of halogens is 6. The molecule has 0 saturated carbocycles. The highest BCUT2D eigenvalue weighted by Crippen LogP contribution is 2.41. The standard InChI is InChI=1S/C18H25F6N/c1-2-3-4-5-6-7-8-9-12-25-14-10-11-15(17(19,20)21)16(13-14)18(22,23)24/h10-11,13,25H,2-9,12H2,1H3. The molecule has 1 rings (SSSR count). The summed E-state index contributed by atoms with van der Waals surface area (Å²) in [5.41, 5.74) is -3.25. The molecule has 0 amide bonds. The predicted octanol–water partition coefficient (Wildman–Crippen LogP) is 7.28. The van der Waals surface area contributed by atoms with Crippen molar-refractivity contribution in [1.82, 2.24) is 0 Å². The van der Waals surface area contributed by atoms with Crippen LogP contribution in [-0.4, -0.2) is 6.54 Å². The second-order valence-electron chi connectivity index (χ2n) is 6.16. The zero-order valence-corrected chi connectivity index (χ0v) is 14.4. The third-order valence-electron chi connectivity index (χ3n) is 3.99. The van der Waals surface area contributed by atoms with Crippen LogP contribution in [0.4, 0.5) is 32.0 Å². The third-order valence-corrected chi connectivity index (χ3v) is 3.99. The van der Waals surface area contributed by atoms with Crippen LogP contribution < -0.4 is 5.32 Å². The van der Waals surface area contributed by atoms with Crippen molar-refractivity contribution in [3.63, 3.8) is 0 Å². The molecule has 144 valence electrons. The Morgan fingerprint density at radius 2 is 1.24 bits per heavy atom. The molecule has 0 aromatic heterocycles. The van der Waals surface area contributed by atoms with E-state index in [-0.39, 0.29) is 5.69 Å². The number of nitrogens with one attached hydrogen (secondary N) is 1. The van der Waals surface area contributed by atoms with E-state index in [0.29, 0.717) is 18.7 Å². The molecule has 7 heteroatoms. The molecule has 0 bridgehead atoms. The fourth-order valence-corrected chi connectivity index (χ4v) is 2.63. The number of anilines is 1.